The number of hydrogen-bond acceptors (Lipinski definition) is 7. The predicted octanol–water partition coefficient (Wildman–Crippen LogP) is 13.2. The van der Waals surface area contributed by atoms with Gasteiger partial charge in [0, 0.05) is 74.1 Å². The van der Waals surface area contributed by atoms with Crippen LogP contribution in [0.4, 0.5) is 5.82 Å². The number of benzene rings is 7. The Morgan fingerprint density at radius 1 is 0.441 bits per heavy atom. The Morgan fingerprint density at radius 3 is 1.75 bits per heavy atom. The fourth-order valence-corrected chi connectivity index (χ4v) is 8.93. The molecule has 8 nitrogen and oxygen atoms in total. The third-order valence-corrected chi connectivity index (χ3v) is 12.1. The van der Waals surface area contributed by atoms with Gasteiger partial charge in [-0.05, 0) is 59.3 Å². The highest BCUT2D eigenvalue weighted by Crippen LogP contribution is 2.37. The molecule has 0 amide bonds. The molecule has 0 aliphatic carbocycles. The van der Waals surface area contributed by atoms with Gasteiger partial charge in [0.2, 0.25) is 5.82 Å². The van der Waals surface area contributed by atoms with Crippen molar-refractivity contribution < 1.29 is 4.57 Å². The molecule has 4 bridgehead atoms. The van der Waals surface area contributed by atoms with Gasteiger partial charge in [0.15, 0.2) is 17.5 Å². The topological polar surface area (TPSA) is 93.6 Å². The molecule has 0 N–H and O–H groups in total. The third kappa shape index (κ3) is 7.63. The normalized spacial score (nSPS) is 12.1. The van der Waals surface area contributed by atoms with Crippen molar-refractivity contribution in [1.82, 2.24) is 29.9 Å². The van der Waals surface area contributed by atoms with E-state index in [0.29, 0.717) is 29.1 Å². The molecule has 0 atom stereocenters. The van der Waals surface area contributed by atoms with Crippen molar-refractivity contribution >= 4 is 50.1 Å². The highest BCUT2D eigenvalue weighted by molar-refractivity contribution is 6.14. The molecule has 0 saturated heterocycles. The summed E-state index contributed by atoms with van der Waals surface area (Å²) < 4.78 is 2.05. The molecule has 5 heterocycles. The van der Waals surface area contributed by atoms with E-state index in [0.717, 1.165) is 94.2 Å². The quantitative estimate of drug-likeness (QED) is 0.117. The smallest absolute Gasteiger partial charge is 0.264 e. The zero-order valence-electron chi connectivity index (χ0n) is 36.9. The first-order chi connectivity index (χ1) is 33.6. The van der Waals surface area contributed by atoms with Crippen LogP contribution in [-0.4, -0.2) is 35.6 Å². The second-order valence-electron chi connectivity index (χ2n) is 16.6. The van der Waals surface area contributed by atoms with Crippen molar-refractivity contribution in [2.45, 2.75) is 6.92 Å². The van der Waals surface area contributed by atoms with Gasteiger partial charge < -0.3 is 0 Å². The van der Waals surface area contributed by atoms with Crippen LogP contribution in [-0.2, 0) is 0 Å². The van der Waals surface area contributed by atoms with Crippen LogP contribution in [0.3, 0.4) is 0 Å². The predicted molar refractivity (Wildman–Crippen MR) is 273 cm³/mol. The molecular weight excluding hydrogens is 833 g/mol. The van der Waals surface area contributed by atoms with E-state index >= 15 is 0 Å². The van der Waals surface area contributed by atoms with E-state index in [1.165, 1.54) is 0 Å². The van der Waals surface area contributed by atoms with Crippen molar-refractivity contribution in [3.05, 3.63) is 241 Å². The van der Waals surface area contributed by atoms with Crippen molar-refractivity contribution in [3.63, 3.8) is 0 Å². The number of aliphatic imine (C=N–C) groups is 1. The minimum absolute atomic E-state index is 0.504. The van der Waals surface area contributed by atoms with Crippen LogP contribution >= 0.6 is 0 Å². The first-order valence-corrected chi connectivity index (χ1v) is 22.5. The van der Waals surface area contributed by atoms with Crippen LogP contribution in [0.5, 0.6) is 0 Å². The van der Waals surface area contributed by atoms with Gasteiger partial charge in [-0.25, -0.2) is 15.0 Å². The molecular formula is C60H39N8+. The van der Waals surface area contributed by atoms with Crippen LogP contribution in [0, 0.1) is 6.92 Å². The molecule has 4 aromatic heterocycles. The number of fused-ring (bicyclic) bond motifs is 10. The SMILES string of the molecule is Cc1cc2nc(n1)[n+]1c(c3cccc(c3)c3c(-c4cccc(-c5nc(-c6ccccc6)nc(-c6cccc(-c7cccnc7)c6)n5)c4)cccc23)N=C(c2ccccc2)C=C=C1c1ccccc1. The number of aryl methyl sites for hydroxylation is 1. The van der Waals surface area contributed by atoms with Crippen molar-refractivity contribution in [3.8, 4) is 56.4 Å². The van der Waals surface area contributed by atoms with Gasteiger partial charge in [0.25, 0.3) is 0 Å². The molecule has 0 spiro atoms. The van der Waals surface area contributed by atoms with Crippen LogP contribution < -0.4 is 4.57 Å². The maximum Gasteiger partial charge on any atom is 0.391 e. The molecule has 0 radical (unpaired) electrons. The summed E-state index contributed by atoms with van der Waals surface area (Å²) in [5.74, 6) is 2.94. The van der Waals surface area contributed by atoms with E-state index in [4.69, 9.17) is 29.9 Å². The lowest BCUT2D eigenvalue weighted by Gasteiger charge is -2.12. The van der Waals surface area contributed by atoms with Crippen LogP contribution in [0.2, 0.25) is 0 Å². The number of pyridine rings is 1. The standard InChI is InChI=1S/C60H39N8/c1-39-34-53-51-30-14-29-50(44-23-12-26-47(36-44)58-66-56(42-20-9-4-10-21-42)65-57(67-58)46-25-11-22-43(35-46)49-28-15-33-61-38-49)55(51)45-24-13-27-48(37-45)59-63-52(40-16-5-2-6-17-40)31-32-54(41-18-7-3-8-19-41)68(59)60(62-39)64-53/h2-31,33-38H,1H3/q+1. The Morgan fingerprint density at radius 2 is 1.03 bits per heavy atom. The summed E-state index contributed by atoms with van der Waals surface area (Å²) in [5, 5.41) is 3.94. The maximum absolute atomic E-state index is 5.45. The molecule has 8 heteroatoms. The summed E-state index contributed by atoms with van der Waals surface area (Å²) in [6.45, 7) is 2.02. The van der Waals surface area contributed by atoms with Crippen molar-refractivity contribution in [1.29, 1.82) is 0 Å². The molecule has 1 aliphatic rings. The second kappa shape index (κ2) is 17.2. The number of aromatic nitrogens is 7. The van der Waals surface area contributed by atoms with Crippen LogP contribution in [0.15, 0.2) is 229 Å². The first-order valence-electron chi connectivity index (χ1n) is 22.5. The van der Waals surface area contributed by atoms with E-state index < -0.39 is 0 Å². The second-order valence-corrected chi connectivity index (χ2v) is 16.6. The molecule has 7 aromatic carbocycles. The van der Waals surface area contributed by atoms with Crippen LogP contribution in [0.25, 0.3) is 95.0 Å². The fraction of sp³-hybridized carbons (Fsp3) is 0.0167. The van der Waals surface area contributed by atoms with E-state index in [1.807, 2.05) is 104 Å². The van der Waals surface area contributed by atoms with Gasteiger partial charge in [-0.15, -0.1) is 15.0 Å². The zero-order chi connectivity index (χ0) is 45.4. The Labute approximate surface area is 392 Å². The molecule has 0 unspecified atom stereocenters. The highest BCUT2D eigenvalue weighted by Gasteiger charge is 2.24. The van der Waals surface area contributed by atoms with Crippen molar-refractivity contribution in [2.75, 3.05) is 0 Å². The summed E-state index contributed by atoms with van der Waals surface area (Å²) in [5.41, 5.74) is 15.5. The number of allylic oxidation sites excluding steroid dienone is 1. The molecule has 12 rings (SSSR count). The Bertz CT molecular complexity index is 3880. The maximum atomic E-state index is 5.45. The molecule has 11 aromatic rings. The van der Waals surface area contributed by atoms with Crippen LogP contribution in [0.1, 0.15) is 16.8 Å². The minimum atomic E-state index is 0.504. The van der Waals surface area contributed by atoms with E-state index in [1.54, 1.807) is 6.20 Å². The first kappa shape index (κ1) is 40.2. The summed E-state index contributed by atoms with van der Waals surface area (Å²) in [6, 6.07) is 68.4. The van der Waals surface area contributed by atoms with Gasteiger partial charge in [-0.2, -0.15) is 4.57 Å². The largest absolute Gasteiger partial charge is 0.391 e. The van der Waals surface area contributed by atoms with Crippen molar-refractivity contribution in [2.24, 2.45) is 4.99 Å². The fourth-order valence-electron chi connectivity index (χ4n) is 8.93. The van der Waals surface area contributed by atoms with E-state index in [-0.39, 0.29) is 0 Å². The highest BCUT2D eigenvalue weighted by atomic mass is 15.2. The lowest BCUT2D eigenvalue weighted by atomic mass is 9.95. The summed E-state index contributed by atoms with van der Waals surface area (Å²) in [6.07, 6.45) is 5.62. The average molecular weight is 872 g/mol. The van der Waals surface area contributed by atoms with Gasteiger partial charge in [-0.3, -0.25) is 4.98 Å². The number of nitrogens with zero attached hydrogens (tertiary/aromatic N) is 8. The third-order valence-electron chi connectivity index (χ3n) is 12.1. The molecule has 318 valence electrons. The minimum Gasteiger partial charge on any atom is -0.264 e. The summed E-state index contributed by atoms with van der Waals surface area (Å²) in [4.78, 5) is 35.7. The number of rotatable bonds is 7. The zero-order valence-corrected chi connectivity index (χ0v) is 36.9. The van der Waals surface area contributed by atoms with E-state index in [9.17, 15) is 0 Å². The lowest BCUT2D eigenvalue weighted by molar-refractivity contribution is -0.539. The average Bonchev–Trinajstić information content (AvgIpc) is 3.62. The Balaban J connectivity index is 1.09. The van der Waals surface area contributed by atoms with Gasteiger partial charge in [-0.1, -0.05) is 170 Å². The Hall–Kier alpha value is -9.36. The molecule has 0 saturated carbocycles. The molecule has 0 fully saturated rings. The summed E-state index contributed by atoms with van der Waals surface area (Å²) in [7, 11) is 0. The Kier molecular flexibility index (Phi) is 10.2. The molecule has 1 aliphatic heterocycles. The van der Waals surface area contributed by atoms with Gasteiger partial charge in [0.05, 0.1) is 0 Å². The van der Waals surface area contributed by atoms with Gasteiger partial charge in [0.1, 0.15) is 22.6 Å². The monoisotopic (exact) mass is 871 g/mol. The lowest BCUT2D eigenvalue weighted by Crippen LogP contribution is -2.35. The molecule has 68 heavy (non-hydrogen) atoms. The van der Waals surface area contributed by atoms with Gasteiger partial charge >= 0.3 is 5.78 Å². The summed E-state index contributed by atoms with van der Waals surface area (Å²) >= 11 is 0. The number of hydrogen-bond donors (Lipinski definition) is 0. The van der Waals surface area contributed by atoms with E-state index in [2.05, 4.69) is 131 Å².